The minimum atomic E-state index is -0.544. The van der Waals surface area contributed by atoms with E-state index in [2.05, 4.69) is 5.16 Å². The number of nitro benzene ring substituents is 1. The maximum absolute atomic E-state index is 10.8. The van der Waals surface area contributed by atoms with Crippen LogP contribution in [0.5, 0.6) is 0 Å². The van der Waals surface area contributed by atoms with E-state index in [-0.39, 0.29) is 17.1 Å². The number of non-ortho nitro benzene ring substituents is 1. The highest BCUT2D eigenvalue weighted by Crippen LogP contribution is 2.36. The Morgan fingerprint density at radius 1 is 1.29 bits per heavy atom. The first-order valence-corrected chi connectivity index (χ1v) is 6.91. The highest BCUT2D eigenvalue weighted by molar-refractivity contribution is 7.99. The number of hydrogen-bond donors (Lipinski definition) is 2. The Kier molecular flexibility index (Phi) is 4.66. The number of amidine groups is 1. The lowest BCUT2D eigenvalue weighted by atomic mass is 10.2. The van der Waals surface area contributed by atoms with E-state index in [1.165, 1.54) is 23.9 Å². The molecular weight excluding hydrogens is 314 g/mol. The van der Waals surface area contributed by atoms with Crippen molar-refractivity contribution in [3.63, 3.8) is 0 Å². The molecule has 2 aromatic rings. The third-order valence-electron chi connectivity index (χ3n) is 2.61. The molecule has 108 valence electrons. The molecule has 0 aliphatic carbocycles. The molecule has 8 heteroatoms. The van der Waals surface area contributed by atoms with E-state index in [0.717, 1.165) is 4.90 Å². The second kappa shape index (κ2) is 6.47. The molecule has 21 heavy (non-hydrogen) atoms. The van der Waals surface area contributed by atoms with Crippen molar-refractivity contribution in [1.82, 2.24) is 0 Å². The summed E-state index contributed by atoms with van der Waals surface area (Å²) in [5.74, 6) is -0.201. The van der Waals surface area contributed by atoms with E-state index < -0.39 is 4.92 Å². The Morgan fingerprint density at radius 2 is 2.00 bits per heavy atom. The summed E-state index contributed by atoms with van der Waals surface area (Å²) in [6.07, 6.45) is 0. The van der Waals surface area contributed by atoms with Crippen molar-refractivity contribution in [2.24, 2.45) is 10.9 Å². The summed E-state index contributed by atoms with van der Waals surface area (Å²) in [6, 6.07) is 11.3. The summed E-state index contributed by atoms with van der Waals surface area (Å²) in [4.78, 5) is 11.6. The van der Waals surface area contributed by atoms with E-state index >= 15 is 0 Å². The van der Waals surface area contributed by atoms with Crippen LogP contribution in [-0.4, -0.2) is 16.0 Å². The highest BCUT2D eigenvalue weighted by Gasteiger charge is 2.15. The number of rotatable bonds is 4. The first-order chi connectivity index (χ1) is 10.0. The molecule has 3 N–H and O–H groups in total. The predicted molar refractivity (Wildman–Crippen MR) is 81.2 cm³/mol. The minimum Gasteiger partial charge on any atom is -0.409 e. The van der Waals surface area contributed by atoms with Gasteiger partial charge in [0, 0.05) is 27.5 Å². The smallest absolute Gasteiger partial charge is 0.270 e. The number of nitrogens with two attached hydrogens (primary N) is 1. The molecule has 0 unspecified atom stereocenters. The summed E-state index contributed by atoms with van der Waals surface area (Å²) in [7, 11) is 0. The number of oxime groups is 1. The fraction of sp³-hybridized carbons (Fsp3) is 0. The number of halogens is 1. The van der Waals surface area contributed by atoms with E-state index in [0.29, 0.717) is 9.92 Å². The third-order valence-corrected chi connectivity index (χ3v) is 4.21. The SMILES string of the molecule is NC(=NO)c1cc([N+](=O)[O-])ccc1Sc1ccccc1Cl. The number of hydrogen-bond acceptors (Lipinski definition) is 5. The van der Waals surface area contributed by atoms with Gasteiger partial charge in [-0.25, -0.2) is 0 Å². The van der Waals surface area contributed by atoms with Gasteiger partial charge in [0.05, 0.1) is 9.95 Å². The largest absolute Gasteiger partial charge is 0.409 e. The van der Waals surface area contributed by atoms with Gasteiger partial charge in [-0.05, 0) is 18.2 Å². The molecule has 2 rings (SSSR count). The predicted octanol–water partition coefficient (Wildman–Crippen LogP) is 3.49. The van der Waals surface area contributed by atoms with Gasteiger partial charge in [-0.2, -0.15) is 0 Å². The van der Waals surface area contributed by atoms with Gasteiger partial charge in [0.15, 0.2) is 5.84 Å². The van der Waals surface area contributed by atoms with Crippen molar-refractivity contribution >= 4 is 34.9 Å². The van der Waals surface area contributed by atoms with Crippen LogP contribution >= 0.6 is 23.4 Å². The lowest BCUT2D eigenvalue weighted by Gasteiger charge is -2.09. The van der Waals surface area contributed by atoms with Gasteiger partial charge in [-0.15, -0.1) is 0 Å². The van der Waals surface area contributed by atoms with Gasteiger partial charge in [0.25, 0.3) is 5.69 Å². The molecule has 0 amide bonds. The van der Waals surface area contributed by atoms with Crippen molar-refractivity contribution in [1.29, 1.82) is 0 Å². The van der Waals surface area contributed by atoms with E-state index in [4.69, 9.17) is 22.5 Å². The van der Waals surface area contributed by atoms with Crippen LogP contribution in [0.15, 0.2) is 57.4 Å². The monoisotopic (exact) mass is 323 g/mol. The Labute approximate surface area is 129 Å². The third kappa shape index (κ3) is 3.45. The summed E-state index contributed by atoms with van der Waals surface area (Å²) < 4.78 is 0. The summed E-state index contributed by atoms with van der Waals surface area (Å²) in [6.45, 7) is 0. The fourth-order valence-electron chi connectivity index (χ4n) is 1.62. The van der Waals surface area contributed by atoms with E-state index in [1.807, 2.05) is 12.1 Å². The van der Waals surface area contributed by atoms with Crippen molar-refractivity contribution in [2.75, 3.05) is 0 Å². The molecule has 0 bridgehead atoms. The zero-order valence-electron chi connectivity index (χ0n) is 10.6. The normalized spacial score (nSPS) is 11.4. The second-order valence-corrected chi connectivity index (χ2v) is 5.45. The van der Waals surface area contributed by atoms with E-state index in [9.17, 15) is 10.1 Å². The molecule has 0 radical (unpaired) electrons. The molecule has 0 aliphatic rings. The molecule has 2 aromatic carbocycles. The maximum Gasteiger partial charge on any atom is 0.270 e. The van der Waals surface area contributed by atoms with Gasteiger partial charge in [0.1, 0.15) is 0 Å². The Bertz CT molecular complexity index is 722. The van der Waals surface area contributed by atoms with Crippen LogP contribution in [0.25, 0.3) is 0 Å². The first-order valence-electron chi connectivity index (χ1n) is 5.71. The molecule has 0 atom stereocenters. The molecule has 0 spiro atoms. The standard InChI is InChI=1S/C13H10ClN3O3S/c14-10-3-1-2-4-12(10)21-11-6-5-8(17(19)20)7-9(11)13(15)16-18/h1-7,18H,(H2,15,16). The van der Waals surface area contributed by atoms with Crippen LogP contribution in [0.3, 0.4) is 0 Å². The van der Waals surface area contributed by atoms with Gasteiger partial charge >= 0.3 is 0 Å². The zero-order chi connectivity index (χ0) is 15.4. The van der Waals surface area contributed by atoms with Crippen molar-refractivity contribution in [3.05, 3.63) is 63.2 Å². The van der Waals surface area contributed by atoms with Crippen molar-refractivity contribution < 1.29 is 10.1 Å². The Balaban J connectivity index is 2.48. The van der Waals surface area contributed by atoms with Crippen LogP contribution in [0.1, 0.15) is 5.56 Å². The number of nitro groups is 1. The highest BCUT2D eigenvalue weighted by atomic mass is 35.5. The quantitative estimate of drug-likeness (QED) is 0.295. The van der Waals surface area contributed by atoms with Gasteiger partial charge in [0.2, 0.25) is 0 Å². The molecule has 0 heterocycles. The number of nitrogens with zero attached hydrogens (tertiary/aromatic N) is 2. The Hall–Kier alpha value is -2.25. The first kappa shape index (κ1) is 15.1. The van der Waals surface area contributed by atoms with Crippen LogP contribution < -0.4 is 5.73 Å². The van der Waals surface area contributed by atoms with Crippen LogP contribution in [-0.2, 0) is 0 Å². The summed E-state index contributed by atoms with van der Waals surface area (Å²) in [5.41, 5.74) is 5.72. The van der Waals surface area contributed by atoms with Crippen LogP contribution in [0, 0.1) is 10.1 Å². The number of benzene rings is 2. The lowest BCUT2D eigenvalue weighted by molar-refractivity contribution is -0.384. The Morgan fingerprint density at radius 3 is 2.62 bits per heavy atom. The van der Waals surface area contributed by atoms with Crippen LogP contribution in [0.2, 0.25) is 5.02 Å². The summed E-state index contributed by atoms with van der Waals surface area (Å²) in [5, 5.41) is 23.1. The maximum atomic E-state index is 10.8. The molecule has 6 nitrogen and oxygen atoms in total. The van der Waals surface area contributed by atoms with Crippen molar-refractivity contribution in [2.45, 2.75) is 9.79 Å². The molecule has 0 saturated heterocycles. The molecule has 0 fully saturated rings. The topological polar surface area (TPSA) is 102 Å². The molecule has 0 saturated carbocycles. The van der Waals surface area contributed by atoms with Crippen LogP contribution in [0.4, 0.5) is 5.69 Å². The fourth-order valence-corrected chi connectivity index (χ4v) is 2.83. The minimum absolute atomic E-state index is 0.139. The molecular formula is C13H10ClN3O3S. The zero-order valence-corrected chi connectivity index (χ0v) is 12.1. The van der Waals surface area contributed by atoms with Gasteiger partial charge in [-0.1, -0.05) is 40.7 Å². The average molecular weight is 324 g/mol. The second-order valence-electron chi connectivity index (χ2n) is 3.96. The molecule has 0 aromatic heterocycles. The molecule has 0 aliphatic heterocycles. The van der Waals surface area contributed by atoms with E-state index in [1.54, 1.807) is 18.2 Å². The van der Waals surface area contributed by atoms with Gasteiger partial charge in [-0.3, -0.25) is 10.1 Å². The van der Waals surface area contributed by atoms with Gasteiger partial charge < -0.3 is 10.9 Å². The summed E-state index contributed by atoms with van der Waals surface area (Å²) >= 11 is 7.36. The van der Waals surface area contributed by atoms with Crippen molar-refractivity contribution in [3.8, 4) is 0 Å². The average Bonchev–Trinajstić information content (AvgIpc) is 2.49. The lowest BCUT2D eigenvalue weighted by Crippen LogP contribution is -2.14.